The third-order valence-electron chi connectivity index (χ3n) is 5.54. The summed E-state index contributed by atoms with van der Waals surface area (Å²) in [5.74, 6) is 0.916. The average molecular weight is 399 g/mol. The molecule has 2 aliphatic rings. The molecule has 0 bridgehead atoms. The van der Waals surface area contributed by atoms with Gasteiger partial charge in [0.25, 0.3) is 10.2 Å². The zero-order chi connectivity index (χ0) is 19.8. The van der Waals surface area contributed by atoms with Gasteiger partial charge < -0.3 is 0 Å². The molecule has 0 radical (unpaired) electrons. The fourth-order valence-corrected chi connectivity index (χ4v) is 5.22. The molecule has 1 atom stereocenters. The van der Waals surface area contributed by atoms with Gasteiger partial charge >= 0.3 is 0 Å². The number of rotatable bonds is 5. The Morgan fingerprint density at radius 3 is 2.44 bits per heavy atom. The number of amides is 1. The number of carbonyl (C=O) groups excluding carboxylic acids is 1. The Kier molecular flexibility index (Phi) is 5.90. The quantitative estimate of drug-likeness (QED) is 0.699. The minimum absolute atomic E-state index is 0.0891. The second-order valence-electron chi connectivity index (χ2n) is 7.27. The van der Waals surface area contributed by atoms with Crippen LogP contribution >= 0.6 is 0 Å². The summed E-state index contributed by atoms with van der Waals surface area (Å²) in [4.78, 5) is 17.1. The van der Waals surface area contributed by atoms with Crippen LogP contribution in [0.25, 0.3) is 0 Å². The van der Waals surface area contributed by atoms with E-state index in [1.54, 1.807) is 11.7 Å². The van der Waals surface area contributed by atoms with Gasteiger partial charge in [-0.3, -0.25) is 19.3 Å². The molecule has 2 aliphatic heterocycles. The SMILES string of the molecule is CCN(C)S(=O)(=O)N1CCN([C@@H]2CCCN(c3cc(C)nn3C)C2=O)CC1. The van der Waals surface area contributed by atoms with E-state index in [2.05, 4.69) is 10.00 Å². The lowest BCUT2D eigenvalue weighted by Crippen LogP contribution is -2.59. The predicted octanol–water partition coefficient (Wildman–Crippen LogP) is 0.0380. The average Bonchev–Trinajstić information content (AvgIpc) is 2.99. The molecular formula is C17H30N6O3S. The number of piperidine rings is 1. The van der Waals surface area contributed by atoms with Gasteiger partial charge in [-0.15, -0.1) is 0 Å². The highest BCUT2D eigenvalue weighted by molar-refractivity contribution is 7.86. The van der Waals surface area contributed by atoms with E-state index in [0.29, 0.717) is 39.3 Å². The van der Waals surface area contributed by atoms with Crippen LogP contribution < -0.4 is 4.90 Å². The summed E-state index contributed by atoms with van der Waals surface area (Å²) >= 11 is 0. The highest BCUT2D eigenvalue weighted by atomic mass is 32.2. The monoisotopic (exact) mass is 398 g/mol. The van der Waals surface area contributed by atoms with Crippen LogP contribution in [-0.4, -0.2) is 90.0 Å². The minimum Gasteiger partial charge on any atom is -0.296 e. The number of nitrogens with zero attached hydrogens (tertiary/aromatic N) is 6. The predicted molar refractivity (Wildman–Crippen MR) is 104 cm³/mol. The second-order valence-corrected chi connectivity index (χ2v) is 9.31. The van der Waals surface area contributed by atoms with E-state index in [4.69, 9.17) is 0 Å². The van der Waals surface area contributed by atoms with Crippen molar-refractivity contribution in [1.29, 1.82) is 0 Å². The van der Waals surface area contributed by atoms with Crippen LogP contribution in [0.3, 0.4) is 0 Å². The third-order valence-corrected chi connectivity index (χ3v) is 7.61. The van der Waals surface area contributed by atoms with Gasteiger partial charge in [-0.1, -0.05) is 6.92 Å². The van der Waals surface area contributed by atoms with Gasteiger partial charge in [0.05, 0.1) is 11.7 Å². The van der Waals surface area contributed by atoms with Crippen molar-refractivity contribution in [2.75, 3.05) is 51.2 Å². The third kappa shape index (κ3) is 3.89. The van der Waals surface area contributed by atoms with Crippen molar-refractivity contribution >= 4 is 21.9 Å². The largest absolute Gasteiger partial charge is 0.296 e. The molecule has 152 valence electrons. The molecule has 27 heavy (non-hydrogen) atoms. The molecule has 0 saturated carbocycles. The van der Waals surface area contributed by atoms with Gasteiger partial charge in [0.2, 0.25) is 5.91 Å². The normalized spacial score (nSPS) is 23.4. The van der Waals surface area contributed by atoms with E-state index >= 15 is 0 Å². The van der Waals surface area contributed by atoms with Crippen molar-refractivity contribution in [3.63, 3.8) is 0 Å². The van der Waals surface area contributed by atoms with E-state index in [9.17, 15) is 13.2 Å². The number of anilines is 1. The number of aryl methyl sites for hydroxylation is 2. The lowest BCUT2D eigenvalue weighted by Gasteiger charge is -2.42. The summed E-state index contributed by atoms with van der Waals surface area (Å²) in [6.45, 7) is 6.87. The molecule has 3 heterocycles. The summed E-state index contributed by atoms with van der Waals surface area (Å²) in [6, 6.07) is 1.74. The Morgan fingerprint density at radius 1 is 1.22 bits per heavy atom. The van der Waals surface area contributed by atoms with E-state index in [-0.39, 0.29) is 11.9 Å². The molecule has 10 heteroatoms. The van der Waals surface area contributed by atoms with Crippen LogP contribution in [0.2, 0.25) is 0 Å². The van der Waals surface area contributed by atoms with Crippen LogP contribution in [0.15, 0.2) is 6.07 Å². The molecule has 2 fully saturated rings. The fraction of sp³-hybridized carbons (Fsp3) is 0.765. The number of piperazine rings is 1. The van der Waals surface area contributed by atoms with Gasteiger partial charge in [-0.05, 0) is 19.8 Å². The van der Waals surface area contributed by atoms with Crippen LogP contribution in [0.1, 0.15) is 25.5 Å². The lowest BCUT2D eigenvalue weighted by molar-refractivity contribution is -0.126. The summed E-state index contributed by atoms with van der Waals surface area (Å²) in [6.07, 6.45) is 1.74. The second kappa shape index (κ2) is 7.86. The van der Waals surface area contributed by atoms with Gasteiger partial charge in [0.1, 0.15) is 5.82 Å². The first-order valence-corrected chi connectivity index (χ1v) is 10.9. The highest BCUT2D eigenvalue weighted by Gasteiger charge is 2.38. The van der Waals surface area contributed by atoms with Crippen molar-refractivity contribution in [2.24, 2.45) is 7.05 Å². The summed E-state index contributed by atoms with van der Waals surface area (Å²) in [5.41, 5.74) is 0.890. The molecule has 0 aromatic carbocycles. The maximum Gasteiger partial charge on any atom is 0.281 e. The maximum atomic E-state index is 13.1. The first kappa shape index (κ1) is 20.2. The van der Waals surface area contributed by atoms with Crippen molar-refractivity contribution in [2.45, 2.75) is 32.7 Å². The van der Waals surface area contributed by atoms with Gasteiger partial charge in [-0.25, -0.2) is 0 Å². The lowest BCUT2D eigenvalue weighted by atomic mass is 10.0. The zero-order valence-electron chi connectivity index (χ0n) is 16.6. The van der Waals surface area contributed by atoms with Crippen LogP contribution in [0.5, 0.6) is 0 Å². The van der Waals surface area contributed by atoms with E-state index in [1.165, 1.54) is 8.61 Å². The molecule has 2 saturated heterocycles. The maximum absolute atomic E-state index is 13.1. The minimum atomic E-state index is -3.40. The standard InChI is InChI=1S/C17H30N6O3S/c1-5-19(3)27(25,26)22-11-9-21(10-12-22)15-7-6-8-23(17(15)24)16-13-14(2)18-20(16)4/h13,15H,5-12H2,1-4H3/t15-/m1/s1. The Bertz CT molecular complexity index is 785. The molecule has 1 amide bonds. The molecule has 1 aromatic rings. The number of carbonyl (C=O) groups is 1. The topological polar surface area (TPSA) is 82.0 Å². The molecule has 0 N–H and O–H groups in total. The molecule has 0 spiro atoms. The molecule has 9 nitrogen and oxygen atoms in total. The Morgan fingerprint density at radius 2 is 1.89 bits per heavy atom. The summed E-state index contributed by atoms with van der Waals surface area (Å²) in [5, 5.41) is 4.35. The van der Waals surface area contributed by atoms with E-state index in [0.717, 1.165) is 24.4 Å². The van der Waals surface area contributed by atoms with Crippen molar-refractivity contribution in [3.8, 4) is 0 Å². The molecule has 0 unspecified atom stereocenters. The smallest absolute Gasteiger partial charge is 0.281 e. The summed E-state index contributed by atoms with van der Waals surface area (Å²) in [7, 11) is 0.0483. The highest BCUT2D eigenvalue weighted by Crippen LogP contribution is 2.25. The molecule has 0 aliphatic carbocycles. The van der Waals surface area contributed by atoms with E-state index < -0.39 is 10.2 Å². The summed E-state index contributed by atoms with van der Waals surface area (Å²) < 4.78 is 29.6. The fourth-order valence-electron chi connectivity index (χ4n) is 3.88. The Labute approximate surface area is 161 Å². The number of hydrogen-bond acceptors (Lipinski definition) is 5. The van der Waals surface area contributed by atoms with Gasteiger partial charge in [0, 0.05) is 59.4 Å². The van der Waals surface area contributed by atoms with E-state index in [1.807, 2.05) is 31.9 Å². The van der Waals surface area contributed by atoms with Crippen molar-refractivity contribution in [1.82, 2.24) is 23.3 Å². The van der Waals surface area contributed by atoms with Crippen LogP contribution in [0, 0.1) is 6.92 Å². The van der Waals surface area contributed by atoms with Crippen LogP contribution in [0.4, 0.5) is 5.82 Å². The first-order chi connectivity index (χ1) is 12.8. The number of hydrogen-bond donors (Lipinski definition) is 0. The van der Waals surface area contributed by atoms with Gasteiger partial charge in [0.15, 0.2) is 0 Å². The molecule has 3 rings (SSSR count). The van der Waals surface area contributed by atoms with Crippen molar-refractivity contribution in [3.05, 3.63) is 11.8 Å². The van der Waals surface area contributed by atoms with Crippen LogP contribution in [-0.2, 0) is 22.1 Å². The zero-order valence-corrected chi connectivity index (χ0v) is 17.4. The number of aromatic nitrogens is 2. The Balaban J connectivity index is 1.67. The van der Waals surface area contributed by atoms with Crippen molar-refractivity contribution < 1.29 is 13.2 Å². The van der Waals surface area contributed by atoms with Gasteiger partial charge in [-0.2, -0.15) is 22.1 Å². The molecule has 1 aromatic heterocycles. The first-order valence-electron chi connectivity index (χ1n) is 9.53. The Hall–Kier alpha value is -1.49. The molecular weight excluding hydrogens is 368 g/mol.